The zero-order valence-corrected chi connectivity index (χ0v) is 9.71. The van der Waals surface area contributed by atoms with E-state index in [1.165, 1.54) is 0 Å². The molecule has 2 rings (SSSR count). The second kappa shape index (κ2) is 4.37. The van der Waals surface area contributed by atoms with Gasteiger partial charge in [-0.2, -0.15) is 0 Å². The number of imidazole rings is 1. The molecular formula is C12H13N3O2. The third-order valence-electron chi connectivity index (χ3n) is 2.58. The molecule has 0 radical (unpaired) electrons. The lowest BCUT2D eigenvalue weighted by Gasteiger charge is -2.07. The van der Waals surface area contributed by atoms with Gasteiger partial charge in [-0.05, 0) is 19.1 Å². The number of aryl methyl sites for hydroxylation is 2. The van der Waals surface area contributed by atoms with E-state index in [0.29, 0.717) is 11.5 Å². The van der Waals surface area contributed by atoms with Crippen LogP contribution in [0.5, 0.6) is 0 Å². The molecule has 5 heteroatoms. The van der Waals surface area contributed by atoms with Crippen LogP contribution in [0.3, 0.4) is 0 Å². The predicted molar refractivity (Wildman–Crippen MR) is 62.4 cm³/mol. The second-order valence-corrected chi connectivity index (χ2v) is 3.67. The molecule has 0 spiro atoms. The molecule has 0 atom stereocenters. The van der Waals surface area contributed by atoms with Gasteiger partial charge in [0.1, 0.15) is 11.6 Å². The SMILES string of the molecule is CCc1nccn1-c1ccc(C(=O)O)c(C)n1. The molecule has 88 valence electrons. The Labute approximate surface area is 98.8 Å². The van der Waals surface area contributed by atoms with Crippen LogP contribution in [0.15, 0.2) is 24.5 Å². The molecular weight excluding hydrogens is 218 g/mol. The molecule has 2 aromatic heterocycles. The van der Waals surface area contributed by atoms with E-state index >= 15 is 0 Å². The molecule has 0 bridgehead atoms. The van der Waals surface area contributed by atoms with E-state index in [-0.39, 0.29) is 5.56 Å². The Balaban J connectivity index is 2.48. The maximum atomic E-state index is 10.9. The van der Waals surface area contributed by atoms with Gasteiger partial charge in [-0.3, -0.25) is 4.57 Å². The predicted octanol–water partition coefficient (Wildman–Crippen LogP) is 1.84. The fraction of sp³-hybridized carbons (Fsp3) is 0.250. The highest BCUT2D eigenvalue weighted by Gasteiger charge is 2.10. The van der Waals surface area contributed by atoms with Gasteiger partial charge in [0.15, 0.2) is 0 Å². The van der Waals surface area contributed by atoms with Crippen molar-refractivity contribution < 1.29 is 9.90 Å². The summed E-state index contributed by atoms with van der Waals surface area (Å²) in [5.41, 5.74) is 0.734. The minimum absolute atomic E-state index is 0.229. The average Bonchev–Trinajstić information content (AvgIpc) is 2.76. The summed E-state index contributed by atoms with van der Waals surface area (Å²) in [6, 6.07) is 3.26. The molecule has 0 aliphatic carbocycles. The van der Waals surface area contributed by atoms with Gasteiger partial charge >= 0.3 is 5.97 Å². The number of hydrogen-bond acceptors (Lipinski definition) is 3. The van der Waals surface area contributed by atoms with Gasteiger partial charge < -0.3 is 5.11 Å². The van der Waals surface area contributed by atoms with Crippen LogP contribution in [0.1, 0.15) is 28.8 Å². The summed E-state index contributed by atoms with van der Waals surface area (Å²) >= 11 is 0. The lowest BCUT2D eigenvalue weighted by Crippen LogP contribution is -2.06. The standard InChI is InChI=1S/C12H13N3O2/c1-3-10-13-6-7-15(10)11-5-4-9(12(16)17)8(2)14-11/h4-7H,3H2,1-2H3,(H,16,17). The minimum Gasteiger partial charge on any atom is -0.478 e. The Morgan fingerprint density at radius 3 is 2.82 bits per heavy atom. The van der Waals surface area contributed by atoms with E-state index < -0.39 is 5.97 Å². The van der Waals surface area contributed by atoms with E-state index in [0.717, 1.165) is 12.2 Å². The first-order valence-electron chi connectivity index (χ1n) is 5.37. The molecule has 0 aromatic carbocycles. The largest absolute Gasteiger partial charge is 0.478 e. The van der Waals surface area contributed by atoms with Crippen molar-refractivity contribution in [2.24, 2.45) is 0 Å². The monoisotopic (exact) mass is 231 g/mol. The number of rotatable bonds is 3. The number of aromatic nitrogens is 3. The van der Waals surface area contributed by atoms with Crippen molar-refractivity contribution >= 4 is 5.97 Å². The van der Waals surface area contributed by atoms with Crippen molar-refractivity contribution in [2.45, 2.75) is 20.3 Å². The van der Waals surface area contributed by atoms with Crippen LogP contribution in [-0.4, -0.2) is 25.6 Å². The van der Waals surface area contributed by atoms with Crippen LogP contribution in [0.4, 0.5) is 0 Å². The Morgan fingerprint density at radius 1 is 1.47 bits per heavy atom. The van der Waals surface area contributed by atoms with E-state index in [1.54, 1.807) is 25.3 Å². The smallest absolute Gasteiger partial charge is 0.337 e. The maximum absolute atomic E-state index is 10.9. The molecule has 1 N–H and O–H groups in total. The zero-order valence-electron chi connectivity index (χ0n) is 9.71. The van der Waals surface area contributed by atoms with Gasteiger partial charge in [-0.1, -0.05) is 6.92 Å². The van der Waals surface area contributed by atoms with Crippen LogP contribution in [-0.2, 0) is 6.42 Å². The van der Waals surface area contributed by atoms with Crippen LogP contribution >= 0.6 is 0 Å². The lowest BCUT2D eigenvalue weighted by atomic mass is 10.2. The van der Waals surface area contributed by atoms with Gasteiger partial charge in [-0.25, -0.2) is 14.8 Å². The number of pyridine rings is 1. The Bertz CT molecular complexity index is 561. The van der Waals surface area contributed by atoms with Crippen molar-refractivity contribution in [3.05, 3.63) is 41.6 Å². The quantitative estimate of drug-likeness (QED) is 0.875. The van der Waals surface area contributed by atoms with Gasteiger partial charge in [0.25, 0.3) is 0 Å². The van der Waals surface area contributed by atoms with Crippen molar-refractivity contribution in [1.82, 2.24) is 14.5 Å². The number of hydrogen-bond donors (Lipinski definition) is 1. The molecule has 0 saturated heterocycles. The molecule has 0 unspecified atom stereocenters. The van der Waals surface area contributed by atoms with Gasteiger partial charge in [0.05, 0.1) is 11.3 Å². The highest BCUT2D eigenvalue weighted by Crippen LogP contribution is 2.12. The fourth-order valence-electron chi connectivity index (χ4n) is 1.71. The van der Waals surface area contributed by atoms with Crippen molar-refractivity contribution in [3.8, 4) is 5.82 Å². The van der Waals surface area contributed by atoms with E-state index in [4.69, 9.17) is 5.11 Å². The molecule has 0 aliphatic rings. The Morgan fingerprint density at radius 2 is 2.24 bits per heavy atom. The first-order valence-corrected chi connectivity index (χ1v) is 5.37. The number of aromatic carboxylic acids is 1. The zero-order chi connectivity index (χ0) is 12.4. The topological polar surface area (TPSA) is 68.0 Å². The average molecular weight is 231 g/mol. The molecule has 0 saturated carbocycles. The van der Waals surface area contributed by atoms with Crippen molar-refractivity contribution in [2.75, 3.05) is 0 Å². The van der Waals surface area contributed by atoms with Crippen molar-refractivity contribution in [1.29, 1.82) is 0 Å². The fourth-order valence-corrected chi connectivity index (χ4v) is 1.71. The third kappa shape index (κ3) is 2.04. The summed E-state index contributed by atoms with van der Waals surface area (Å²) in [7, 11) is 0. The first kappa shape index (κ1) is 11.3. The maximum Gasteiger partial charge on any atom is 0.337 e. The first-order chi connectivity index (χ1) is 8.13. The number of nitrogens with zero attached hydrogens (tertiary/aromatic N) is 3. The molecule has 0 aliphatic heterocycles. The molecule has 5 nitrogen and oxygen atoms in total. The summed E-state index contributed by atoms with van der Waals surface area (Å²) in [5, 5.41) is 8.93. The summed E-state index contributed by atoms with van der Waals surface area (Å²) in [6.07, 6.45) is 4.33. The third-order valence-corrected chi connectivity index (χ3v) is 2.58. The summed E-state index contributed by atoms with van der Waals surface area (Å²) in [5.74, 6) is 0.643. The van der Waals surface area contributed by atoms with Crippen molar-refractivity contribution in [3.63, 3.8) is 0 Å². The second-order valence-electron chi connectivity index (χ2n) is 3.67. The molecule has 0 amide bonds. The summed E-state index contributed by atoms with van der Waals surface area (Å²) in [4.78, 5) is 19.4. The van der Waals surface area contributed by atoms with E-state index in [2.05, 4.69) is 9.97 Å². The van der Waals surface area contributed by atoms with Crippen LogP contribution in [0, 0.1) is 6.92 Å². The Hall–Kier alpha value is -2.17. The summed E-state index contributed by atoms with van der Waals surface area (Å²) < 4.78 is 1.86. The highest BCUT2D eigenvalue weighted by atomic mass is 16.4. The lowest BCUT2D eigenvalue weighted by molar-refractivity contribution is 0.0695. The summed E-state index contributed by atoms with van der Waals surface area (Å²) in [6.45, 7) is 3.70. The van der Waals surface area contributed by atoms with Crippen LogP contribution < -0.4 is 0 Å². The van der Waals surface area contributed by atoms with E-state index in [1.807, 2.05) is 17.7 Å². The normalized spacial score (nSPS) is 10.5. The molecule has 0 fully saturated rings. The van der Waals surface area contributed by atoms with Gasteiger partial charge in [0.2, 0.25) is 0 Å². The van der Waals surface area contributed by atoms with E-state index in [9.17, 15) is 4.79 Å². The number of carboxylic acids is 1. The minimum atomic E-state index is -0.956. The Kier molecular flexibility index (Phi) is 2.91. The van der Waals surface area contributed by atoms with Gasteiger partial charge in [-0.15, -0.1) is 0 Å². The molecule has 17 heavy (non-hydrogen) atoms. The molecule has 2 aromatic rings. The molecule has 2 heterocycles. The number of carboxylic acid groups (broad SMARTS) is 1. The van der Waals surface area contributed by atoms with Gasteiger partial charge in [0, 0.05) is 18.8 Å². The highest BCUT2D eigenvalue weighted by molar-refractivity contribution is 5.88. The van der Waals surface area contributed by atoms with Crippen LogP contribution in [0.25, 0.3) is 5.82 Å². The van der Waals surface area contributed by atoms with Crippen LogP contribution in [0.2, 0.25) is 0 Å². The number of carbonyl (C=O) groups is 1.